The molecule has 0 heterocycles. The van der Waals surface area contributed by atoms with Crippen molar-refractivity contribution in [3.63, 3.8) is 0 Å². The molecule has 0 fully saturated rings. The van der Waals surface area contributed by atoms with Gasteiger partial charge < -0.3 is 9.74 Å². The van der Waals surface area contributed by atoms with Gasteiger partial charge in [-0.15, -0.1) is 11.5 Å². The Morgan fingerprint density at radius 2 is 1.67 bits per heavy atom. The molecule has 1 rings (SSSR count). The van der Waals surface area contributed by atoms with Crippen molar-refractivity contribution in [1.82, 2.24) is 5.32 Å². The second-order valence-electron chi connectivity index (χ2n) is 15.4. The van der Waals surface area contributed by atoms with Crippen LogP contribution in [0.25, 0.3) is 0 Å². The molecule has 240 valence electrons. The van der Waals surface area contributed by atoms with Gasteiger partial charge in [-0.25, -0.2) is 0 Å². The maximum Gasteiger partial charge on any atom is 0.217 e. The lowest BCUT2D eigenvalue weighted by molar-refractivity contribution is -0.120. The highest BCUT2D eigenvalue weighted by molar-refractivity contribution is 6.87. The van der Waals surface area contributed by atoms with Crippen molar-refractivity contribution >= 4 is 22.3 Å². The normalized spacial score (nSPS) is 25.0. The van der Waals surface area contributed by atoms with Gasteiger partial charge in [0.2, 0.25) is 5.91 Å². The van der Waals surface area contributed by atoms with Gasteiger partial charge in [0.25, 0.3) is 0 Å². The Bertz CT molecular complexity index is 1010. The summed E-state index contributed by atoms with van der Waals surface area (Å²) in [6.07, 6.45) is 14.0. The van der Waals surface area contributed by atoms with Gasteiger partial charge in [-0.2, -0.15) is 0 Å². The third-order valence-electron chi connectivity index (χ3n) is 10.4. The topological polar surface area (TPSA) is 38.3 Å². The molecular weight excluding hydrogens is 547 g/mol. The number of rotatable bonds is 13. The van der Waals surface area contributed by atoms with Gasteiger partial charge in [0.15, 0.2) is 8.32 Å². The Hall–Kier alpha value is -1.36. The van der Waals surface area contributed by atoms with E-state index in [4.69, 9.17) is 4.43 Å². The molecule has 0 saturated carbocycles. The highest BCUT2D eigenvalue weighted by atomic mass is 28.4. The number of amides is 1. The van der Waals surface area contributed by atoms with Crippen LogP contribution in [0.1, 0.15) is 103 Å². The molecular formula is C37H67NO2Si2. The molecule has 3 nitrogen and oxygen atoms in total. The lowest BCUT2D eigenvalue weighted by Gasteiger charge is -2.43. The average molecular weight is 614 g/mol. The molecule has 0 unspecified atom stereocenters. The lowest BCUT2D eigenvalue weighted by Crippen LogP contribution is -2.52. The zero-order chi connectivity index (χ0) is 32.5. The molecule has 5 heteroatoms. The maximum atomic E-state index is 11.9. The smallest absolute Gasteiger partial charge is 0.217 e. The predicted octanol–water partition coefficient (Wildman–Crippen LogP) is 10.3. The van der Waals surface area contributed by atoms with E-state index >= 15 is 0 Å². The van der Waals surface area contributed by atoms with Crippen molar-refractivity contribution in [2.75, 3.05) is 0 Å². The minimum atomic E-state index is -2.00. The first-order valence-electron chi connectivity index (χ1n) is 16.8. The maximum absolute atomic E-state index is 11.9. The first kappa shape index (κ1) is 38.7. The second kappa shape index (κ2) is 16.1. The zero-order valence-corrected chi connectivity index (χ0v) is 32.2. The Morgan fingerprint density at radius 3 is 2.17 bits per heavy atom. The van der Waals surface area contributed by atoms with Gasteiger partial charge in [0.1, 0.15) is 8.07 Å². The van der Waals surface area contributed by atoms with E-state index < -0.39 is 16.4 Å². The van der Waals surface area contributed by atoms with Crippen LogP contribution in [0.2, 0.25) is 36.3 Å². The van der Waals surface area contributed by atoms with E-state index in [9.17, 15) is 4.79 Å². The monoisotopic (exact) mass is 613 g/mol. The number of hydrogen-bond donors (Lipinski definition) is 1. The Kier molecular flexibility index (Phi) is 14.8. The number of hydrogen-bond acceptors (Lipinski definition) is 2. The average Bonchev–Trinajstić information content (AvgIpc) is 2.87. The molecule has 0 saturated heterocycles. The van der Waals surface area contributed by atoms with Crippen molar-refractivity contribution in [3.05, 3.63) is 36.0 Å². The molecule has 0 spiro atoms. The highest BCUT2D eigenvalue weighted by Gasteiger charge is 2.42. The minimum Gasteiger partial charge on any atom is -0.412 e. The van der Waals surface area contributed by atoms with E-state index in [1.807, 2.05) is 0 Å². The first-order chi connectivity index (χ1) is 19.2. The van der Waals surface area contributed by atoms with E-state index in [1.165, 1.54) is 23.7 Å². The molecule has 0 aromatic carbocycles. The molecule has 1 aliphatic rings. The van der Waals surface area contributed by atoms with Crippen LogP contribution in [0.4, 0.5) is 0 Å². The van der Waals surface area contributed by atoms with Crippen molar-refractivity contribution in [2.24, 2.45) is 29.1 Å². The minimum absolute atomic E-state index is 0.00204. The van der Waals surface area contributed by atoms with Crippen molar-refractivity contribution in [2.45, 2.75) is 151 Å². The quantitative estimate of drug-likeness (QED) is 0.0971. The van der Waals surface area contributed by atoms with Crippen LogP contribution in [0.5, 0.6) is 0 Å². The number of allylic oxidation sites excluding steroid dienone is 6. The summed E-state index contributed by atoms with van der Waals surface area (Å²) < 4.78 is 6.93. The standard InChI is InChI=1S/C37H67NO2Si2/c1-16-42(17-2,18-3)24-23-37(13)27-30(6)21-22-34(37)26-29(5)20-19-28(4)25-31(7)35(32(8)38-33(9)39)40-41(14,15)36(10,11)12/h19-22,26,28,30-32,34-35H,16-18,25,27H2,1-15H3,(H,38,39)/b20-19+,29-26+/t28-,30-,31+,32-,34-,35+,37-/m1/s1. The molecule has 0 aromatic rings. The summed E-state index contributed by atoms with van der Waals surface area (Å²) in [5, 5.41) is 3.24. The van der Waals surface area contributed by atoms with Gasteiger partial charge in [0, 0.05) is 18.3 Å². The second-order valence-corrected chi connectivity index (χ2v) is 25.1. The molecule has 0 radical (unpaired) electrons. The summed E-state index contributed by atoms with van der Waals surface area (Å²) in [5.74, 6) is 5.49. The zero-order valence-electron chi connectivity index (χ0n) is 30.2. The fourth-order valence-corrected chi connectivity index (χ4v) is 10.2. The molecule has 1 N–H and O–H groups in total. The summed E-state index contributed by atoms with van der Waals surface area (Å²) in [7, 11) is -3.48. The van der Waals surface area contributed by atoms with Crippen molar-refractivity contribution in [3.8, 4) is 11.5 Å². The fourth-order valence-electron chi connectivity index (χ4n) is 6.14. The number of nitrogens with one attached hydrogen (secondary N) is 1. The third-order valence-corrected chi connectivity index (χ3v) is 19.6. The lowest BCUT2D eigenvalue weighted by atomic mass is 9.68. The first-order valence-corrected chi connectivity index (χ1v) is 22.3. The molecule has 0 aliphatic heterocycles. The molecule has 7 atom stereocenters. The Morgan fingerprint density at radius 1 is 1.10 bits per heavy atom. The summed E-state index contributed by atoms with van der Waals surface area (Å²) in [6.45, 7) is 33.7. The Labute approximate surface area is 264 Å². The van der Waals surface area contributed by atoms with E-state index in [1.54, 1.807) is 6.92 Å². The van der Waals surface area contributed by atoms with Gasteiger partial charge in [0.05, 0.1) is 12.1 Å². The summed E-state index contributed by atoms with van der Waals surface area (Å²) in [6, 6.07) is 3.72. The van der Waals surface area contributed by atoms with Crippen LogP contribution in [0, 0.1) is 40.6 Å². The van der Waals surface area contributed by atoms with Crippen molar-refractivity contribution < 1.29 is 9.22 Å². The molecule has 1 aliphatic carbocycles. The van der Waals surface area contributed by atoms with E-state index in [-0.39, 0.29) is 28.5 Å². The predicted molar refractivity (Wildman–Crippen MR) is 191 cm³/mol. The van der Waals surface area contributed by atoms with Crippen LogP contribution in [0.3, 0.4) is 0 Å². The van der Waals surface area contributed by atoms with E-state index in [2.05, 4.69) is 143 Å². The largest absolute Gasteiger partial charge is 0.412 e. The van der Waals surface area contributed by atoms with Crippen LogP contribution in [-0.4, -0.2) is 34.4 Å². The molecule has 0 aromatic heterocycles. The summed E-state index contributed by atoms with van der Waals surface area (Å²) >= 11 is 0. The number of carbonyl (C=O) groups is 1. The molecule has 42 heavy (non-hydrogen) atoms. The van der Waals surface area contributed by atoms with Gasteiger partial charge in [-0.05, 0) is 87.6 Å². The SMILES string of the molecule is CC[Si](C#C[C@]1(C)C[C@H](C)C=C[C@@H]1/C=C(C)/C=C/[C@@H](C)C[C@H](C)[C@H](O[Si](C)(C)C(C)(C)C)[C@@H](C)NC(C)=O)(CC)CC. The van der Waals surface area contributed by atoms with Crippen LogP contribution in [-0.2, 0) is 9.22 Å². The van der Waals surface area contributed by atoms with E-state index in [0.717, 1.165) is 12.8 Å². The Balaban J connectivity index is 3.14. The van der Waals surface area contributed by atoms with Gasteiger partial charge in [-0.1, -0.05) is 98.3 Å². The molecule has 1 amide bonds. The van der Waals surface area contributed by atoms with Gasteiger partial charge >= 0.3 is 0 Å². The summed E-state index contributed by atoms with van der Waals surface area (Å²) in [4.78, 5) is 11.9. The van der Waals surface area contributed by atoms with E-state index in [0.29, 0.717) is 23.7 Å². The van der Waals surface area contributed by atoms with Crippen LogP contribution >= 0.6 is 0 Å². The fraction of sp³-hybridized carbons (Fsp3) is 0.757. The number of carbonyl (C=O) groups excluding carboxylic acids is 1. The molecule has 0 bridgehead atoms. The third kappa shape index (κ3) is 11.3. The van der Waals surface area contributed by atoms with Gasteiger partial charge in [-0.3, -0.25) is 4.79 Å². The van der Waals surface area contributed by atoms with Crippen LogP contribution < -0.4 is 5.32 Å². The highest BCUT2D eigenvalue weighted by Crippen LogP contribution is 2.42. The van der Waals surface area contributed by atoms with Crippen molar-refractivity contribution in [1.29, 1.82) is 0 Å². The summed E-state index contributed by atoms with van der Waals surface area (Å²) in [5.41, 5.74) is 5.20. The van der Waals surface area contributed by atoms with Crippen LogP contribution in [0.15, 0.2) is 36.0 Å².